The van der Waals surface area contributed by atoms with Gasteiger partial charge in [-0.2, -0.15) is 0 Å². The molecule has 1 unspecified atom stereocenters. The molecule has 2 rings (SSSR count). The molecule has 4 nitrogen and oxygen atoms in total. The summed E-state index contributed by atoms with van der Waals surface area (Å²) < 4.78 is 10.8. The molecule has 0 bridgehead atoms. The molecule has 3 N–H and O–H groups in total. The van der Waals surface area contributed by atoms with Gasteiger partial charge in [0, 0.05) is 6.04 Å². The Morgan fingerprint density at radius 1 is 1.50 bits per heavy atom. The van der Waals surface area contributed by atoms with E-state index in [1.165, 1.54) is 0 Å². The van der Waals surface area contributed by atoms with E-state index in [-0.39, 0.29) is 18.1 Å². The third kappa shape index (κ3) is 2.11. The molecule has 0 amide bonds. The minimum Gasteiger partial charge on any atom is -0.494 e. The fraction of sp³-hybridized carbons (Fsp3) is 0.571. The quantitative estimate of drug-likeness (QED) is 0.819. The summed E-state index contributed by atoms with van der Waals surface area (Å²) in [5.41, 5.74) is 8.00. The molecule has 4 heteroatoms. The predicted octanol–water partition coefficient (Wildman–Crippen LogP) is 0.981. The average Bonchev–Trinajstić information content (AvgIpc) is 2.31. The van der Waals surface area contributed by atoms with Crippen molar-refractivity contribution in [2.45, 2.75) is 25.3 Å². The number of hydrogen-bond donors (Lipinski definition) is 2. The Kier molecular flexibility index (Phi) is 3.90. The highest BCUT2D eigenvalue weighted by Crippen LogP contribution is 2.36. The molecule has 0 spiro atoms. The smallest absolute Gasteiger partial charge is 0.122 e. The van der Waals surface area contributed by atoms with Crippen molar-refractivity contribution in [3.63, 3.8) is 0 Å². The summed E-state index contributed by atoms with van der Waals surface area (Å²) in [4.78, 5) is 0. The summed E-state index contributed by atoms with van der Waals surface area (Å²) in [6.45, 7) is 5.76. The molecule has 0 aliphatic carbocycles. The first-order chi connectivity index (χ1) is 8.64. The molecule has 100 valence electrons. The van der Waals surface area contributed by atoms with Crippen molar-refractivity contribution in [2.24, 2.45) is 5.73 Å². The van der Waals surface area contributed by atoms with Gasteiger partial charge < -0.3 is 20.3 Å². The number of hydrogen-bond acceptors (Lipinski definition) is 4. The lowest BCUT2D eigenvalue weighted by Gasteiger charge is -2.45. The number of aryl methyl sites for hydroxylation is 1. The molecule has 1 fully saturated rings. The first-order valence-electron chi connectivity index (χ1n) is 6.32. The van der Waals surface area contributed by atoms with Crippen LogP contribution in [0.4, 0.5) is 0 Å². The highest BCUT2D eigenvalue weighted by atomic mass is 16.5. The standard InChI is InChI=1S/C14H21NO3/c1-3-18-12-5-4-11(6-10(12)2)14(8-17-9-14)13(15)7-16/h4-6,13,16H,3,7-9,15H2,1-2H3. The Hall–Kier alpha value is -1.10. The Balaban J connectivity index is 2.30. The maximum Gasteiger partial charge on any atom is 0.122 e. The van der Waals surface area contributed by atoms with Gasteiger partial charge in [-0.1, -0.05) is 12.1 Å². The monoisotopic (exact) mass is 251 g/mol. The van der Waals surface area contributed by atoms with E-state index in [0.29, 0.717) is 19.8 Å². The minimum atomic E-state index is -0.288. The van der Waals surface area contributed by atoms with Crippen molar-refractivity contribution in [1.82, 2.24) is 0 Å². The predicted molar refractivity (Wildman–Crippen MR) is 69.9 cm³/mol. The maximum absolute atomic E-state index is 9.30. The zero-order chi connectivity index (χ0) is 13.2. The Bertz CT molecular complexity index is 416. The fourth-order valence-electron chi connectivity index (χ4n) is 2.37. The van der Waals surface area contributed by atoms with Crippen LogP contribution in [0.15, 0.2) is 18.2 Å². The number of rotatable bonds is 5. The summed E-state index contributed by atoms with van der Waals surface area (Å²) in [5.74, 6) is 0.897. The zero-order valence-electron chi connectivity index (χ0n) is 11.0. The van der Waals surface area contributed by atoms with Crippen molar-refractivity contribution >= 4 is 0 Å². The Labute approximate surface area is 108 Å². The van der Waals surface area contributed by atoms with Crippen LogP contribution in [-0.2, 0) is 10.2 Å². The topological polar surface area (TPSA) is 64.7 Å². The second-order valence-electron chi connectivity index (χ2n) is 4.85. The molecule has 0 saturated carbocycles. The van der Waals surface area contributed by atoms with E-state index in [0.717, 1.165) is 16.9 Å². The SMILES string of the molecule is CCOc1ccc(C2(C(N)CO)COC2)cc1C. The van der Waals surface area contributed by atoms with E-state index >= 15 is 0 Å². The molecule has 0 radical (unpaired) electrons. The zero-order valence-corrected chi connectivity index (χ0v) is 11.0. The first-order valence-corrected chi connectivity index (χ1v) is 6.32. The van der Waals surface area contributed by atoms with Gasteiger partial charge in [-0.25, -0.2) is 0 Å². The molecule has 1 aromatic rings. The van der Waals surface area contributed by atoms with Crippen LogP contribution in [-0.4, -0.2) is 37.6 Å². The van der Waals surface area contributed by atoms with E-state index in [2.05, 4.69) is 6.07 Å². The number of aliphatic hydroxyl groups is 1. The van der Waals surface area contributed by atoms with Gasteiger partial charge in [0.15, 0.2) is 0 Å². The lowest BCUT2D eigenvalue weighted by molar-refractivity contribution is -0.0798. The summed E-state index contributed by atoms with van der Waals surface area (Å²) >= 11 is 0. The number of nitrogens with two attached hydrogens (primary N) is 1. The lowest BCUT2D eigenvalue weighted by atomic mass is 9.72. The molecule has 1 aliphatic rings. The number of benzene rings is 1. The Morgan fingerprint density at radius 3 is 2.67 bits per heavy atom. The van der Waals surface area contributed by atoms with Gasteiger partial charge >= 0.3 is 0 Å². The van der Waals surface area contributed by atoms with E-state index in [1.807, 2.05) is 26.0 Å². The molecule has 1 atom stereocenters. The van der Waals surface area contributed by atoms with Gasteiger partial charge in [0.2, 0.25) is 0 Å². The highest BCUT2D eigenvalue weighted by Gasteiger charge is 2.45. The van der Waals surface area contributed by atoms with Crippen LogP contribution in [0, 0.1) is 6.92 Å². The highest BCUT2D eigenvalue weighted by molar-refractivity contribution is 5.41. The lowest BCUT2D eigenvalue weighted by Crippen LogP contribution is -2.60. The second kappa shape index (κ2) is 5.26. The number of aliphatic hydroxyl groups excluding tert-OH is 1. The Morgan fingerprint density at radius 2 is 2.22 bits per heavy atom. The summed E-state index contributed by atoms with van der Waals surface area (Å²) in [6, 6.07) is 5.79. The van der Waals surface area contributed by atoms with Gasteiger partial charge in [-0.05, 0) is 31.0 Å². The van der Waals surface area contributed by atoms with Crippen LogP contribution in [0.25, 0.3) is 0 Å². The van der Waals surface area contributed by atoms with Crippen molar-refractivity contribution < 1.29 is 14.6 Å². The third-order valence-corrected chi connectivity index (χ3v) is 3.68. The van der Waals surface area contributed by atoms with Crippen molar-refractivity contribution in [3.05, 3.63) is 29.3 Å². The largest absolute Gasteiger partial charge is 0.494 e. The molecule has 1 aliphatic heterocycles. The van der Waals surface area contributed by atoms with Gasteiger partial charge in [0.05, 0.1) is 31.8 Å². The number of ether oxygens (including phenoxy) is 2. The van der Waals surface area contributed by atoms with Gasteiger partial charge in [-0.15, -0.1) is 0 Å². The van der Waals surface area contributed by atoms with E-state index in [9.17, 15) is 5.11 Å². The van der Waals surface area contributed by atoms with Gasteiger partial charge in [-0.3, -0.25) is 0 Å². The second-order valence-corrected chi connectivity index (χ2v) is 4.85. The van der Waals surface area contributed by atoms with E-state index in [4.69, 9.17) is 15.2 Å². The van der Waals surface area contributed by atoms with E-state index < -0.39 is 0 Å². The molecular weight excluding hydrogens is 230 g/mol. The van der Waals surface area contributed by atoms with Crippen molar-refractivity contribution in [1.29, 1.82) is 0 Å². The van der Waals surface area contributed by atoms with Crippen molar-refractivity contribution in [2.75, 3.05) is 26.4 Å². The molecular formula is C14H21NO3. The first kappa shape index (κ1) is 13.3. The minimum absolute atomic E-state index is 0.0321. The van der Waals surface area contributed by atoms with Crippen LogP contribution in [0.3, 0.4) is 0 Å². The van der Waals surface area contributed by atoms with Gasteiger partial charge in [0.1, 0.15) is 5.75 Å². The van der Waals surface area contributed by atoms with Crippen LogP contribution in [0.1, 0.15) is 18.1 Å². The fourth-order valence-corrected chi connectivity index (χ4v) is 2.37. The van der Waals surface area contributed by atoms with Crippen LogP contribution in [0.5, 0.6) is 5.75 Å². The van der Waals surface area contributed by atoms with E-state index in [1.54, 1.807) is 0 Å². The average molecular weight is 251 g/mol. The van der Waals surface area contributed by atoms with Crippen LogP contribution < -0.4 is 10.5 Å². The summed E-state index contributed by atoms with van der Waals surface area (Å²) in [5, 5.41) is 9.30. The maximum atomic E-state index is 9.30. The van der Waals surface area contributed by atoms with Gasteiger partial charge in [0.25, 0.3) is 0 Å². The summed E-state index contributed by atoms with van der Waals surface area (Å²) in [7, 11) is 0. The summed E-state index contributed by atoms with van der Waals surface area (Å²) in [6.07, 6.45) is 0. The normalized spacial score (nSPS) is 19.1. The molecule has 1 saturated heterocycles. The molecule has 1 aromatic carbocycles. The molecule has 0 aromatic heterocycles. The van der Waals surface area contributed by atoms with Crippen LogP contribution in [0.2, 0.25) is 0 Å². The third-order valence-electron chi connectivity index (χ3n) is 3.68. The van der Waals surface area contributed by atoms with Crippen LogP contribution >= 0.6 is 0 Å². The molecule has 18 heavy (non-hydrogen) atoms. The van der Waals surface area contributed by atoms with Crippen molar-refractivity contribution in [3.8, 4) is 5.75 Å². The molecule has 1 heterocycles.